The van der Waals surface area contributed by atoms with Crippen molar-refractivity contribution in [3.63, 3.8) is 0 Å². The molecular formula is C21H23Cl2N3O3. The Labute approximate surface area is 179 Å². The average Bonchev–Trinajstić information content (AvgIpc) is 3.29. The van der Waals surface area contributed by atoms with Crippen molar-refractivity contribution in [3.8, 4) is 0 Å². The smallest absolute Gasteiger partial charge is 0.331 e. The topological polar surface area (TPSA) is 73.2 Å². The highest BCUT2D eigenvalue weighted by Crippen LogP contribution is 2.24. The van der Waals surface area contributed by atoms with Crippen LogP contribution in [0.25, 0.3) is 6.08 Å². The first kappa shape index (κ1) is 21.4. The van der Waals surface area contributed by atoms with Gasteiger partial charge in [-0.2, -0.15) is 5.10 Å². The summed E-state index contributed by atoms with van der Waals surface area (Å²) in [6, 6.07) is 7.66. The molecular weight excluding hydrogens is 413 g/mol. The van der Waals surface area contributed by atoms with Gasteiger partial charge in [-0.15, -0.1) is 0 Å². The van der Waals surface area contributed by atoms with Crippen LogP contribution in [0.1, 0.15) is 42.5 Å². The van der Waals surface area contributed by atoms with Crippen molar-refractivity contribution in [1.82, 2.24) is 15.1 Å². The number of halogens is 2. The van der Waals surface area contributed by atoms with Crippen molar-refractivity contribution in [2.24, 2.45) is 0 Å². The van der Waals surface area contributed by atoms with Crippen LogP contribution in [-0.2, 0) is 20.9 Å². The van der Waals surface area contributed by atoms with E-state index in [1.165, 1.54) is 6.08 Å². The summed E-state index contributed by atoms with van der Waals surface area (Å²) in [5.74, 6) is -0.888. The molecule has 3 rings (SSSR count). The normalized spacial score (nSPS) is 14.4. The molecule has 0 bridgehead atoms. The summed E-state index contributed by atoms with van der Waals surface area (Å²) in [5, 5.41) is 8.31. The van der Waals surface area contributed by atoms with E-state index in [9.17, 15) is 9.59 Å². The Hall–Kier alpha value is -2.31. The lowest BCUT2D eigenvalue weighted by atomic mass is 10.2. The molecule has 0 saturated heterocycles. The van der Waals surface area contributed by atoms with E-state index in [1.807, 2.05) is 18.2 Å². The van der Waals surface area contributed by atoms with E-state index in [1.54, 1.807) is 23.7 Å². The third-order valence-corrected chi connectivity index (χ3v) is 5.61. The van der Waals surface area contributed by atoms with Gasteiger partial charge >= 0.3 is 5.97 Å². The van der Waals surface area contributed by atoms with Crippen LogP contribution >= 0.6 is 23.2 Å². The summed E-state index contributed by atoms with van der Waals surface area (Å²) in [4.78, 5) is 23.8. The van der Waals surface area contributed by atoms with Crippen molar-refractivity contribution in [2.45, 2.75) is 45.2 Å². The van der Waals surface area contributed by atoms with Gasteiger partial charge in [0, 0.05) is 22.7 Å². The SMILES string of the molecule is Cc1nn(Cc2ccccc2Cl)c(Cl)c1/C=C/C(=O)OCC(=O)NC1CCCC1. The number of ether oxygens (including phenoxy) is 1. The Morgan fingerprint density at radius 3 is 2.72 bits per heavy atom. The van der Waals surface area contributed by atoms with Gasteiger partial charge in [-0.25, -0.2) is 9.48 Å². The summed E-state index contributed by atoms with van der Waals surface area (Å²) in [5.41, 5.74) is 2.18. The summed E-state index contributed by atoms with van der Waals surface area (Å²) in [6.07, 6.45) is 7.00. The molecule has 0 spiro atoms. The van der Waals surface area contributed by atoms with Crippen LogP contribution in [0.5, 0.6) is 0 Å². The molecule has 8 heteroatoms. The van der Waals surface area contributed by atoms with Crippen LogP contribution in [-0.4, -0.2) is 34.3 Å². The minimum atomic E-state index is -0.610. The molecule has 0 atom stereocenters. The maximum absolute atomic E-state index is 11.9. The fraction of sp³-hybridized carbons (Fsp3) is 0.381. The highest BCUT2D eigenvalue weighted by Gasteiger charge is 2.18. The fourth-order valence-electron chi connectivity index (χ4n) is 3.32. The molecule has 0 unspecified atom stereocenters. The molecule has 1 N–H and O–H groups in total. The number of aryl methyl sites for hydroxylation is 1. The molecule has 6 nitrogen and oxygen atoms in total. The molecule has 2 aromatic rings. The van der Waals surface area contributed by atoms with Gasteiger partial charge in [0.2, 0.25) is 0 Å². The largest absolute Gasteiger partial charge is 0.452 e. The van der Waals surface area contributed by atoms with Crippen LogP contribution in [0.2, 0.25) is 10.2 Å². The second kappa shape index (κ2) is 9.94. The third kappa shape index (κ3) is 5.84. The number of hydrogen-bond donors (Lipinski definition) is 1. The van der Waals surface area contributed by atoms with Gasteiger partial charge in [-0.1, -0.05) is 54.2 Å². The van der Waals surface area contributed by atoms with Gasteiger partial charge in [0.05, 0.1) is 12.2 Å². The second-order valence-electron chi connectivity index (χ2n) is 7.03. The molecule has 0 aliphatic heterocycles. The Kier molecular flexibility index (Phi) is 7.34. The first-order chi connectivity index (χ1) is 13.9. The molecule has 0 radical (unpaired) electrons. The Bertz CT molecular complexity index is 918. The van der Waals surface area contributed by atoms with E-state index in [0.29, 0.717) is 28.0 Å². The van der Waals surface area contributed by atoms with E-state index < -0.39 is 5.97 Å². The number of aromatic nitrogens is 2. The van der Waals surface area contributed by atoms with Gasteiger partial charge < -0.3 is 10.1 Å². The summed E-state index contributed by atoms with van der Waals surface area (Å²) in [7, 11) is 0. The number of hydrogen-bond acceptors (Lipinski definition) is 4. The van der Waals surface area contributed by atoms with E-state index in [2.05, 4.69) is 10.4 Å². The predicted molar refractivity (Wildman–Crippen MR) is 113 cm³/mol. The average molecular weight is 436 g/mol. The van der Waals surface area contributed by atoms with Crippen molar-refractivity contribution in [2.75, 3.05) is 6.61 Å². The number of carbonyl (C=O) groups is 2. The van der Waals surface area contributed by atoms with Crippen molar-refractivity contribution >= 4 is 41.2 Å². The maximum atomic E-state index is 11.9. The van der Waals surface area contributed by atoms with Crippen LogP contribution in [0.4, 0.5) is 0 Å². The van der Waals surface area contributed by atoms with E-state index >= 15 is 0 Å². The van der Waals surface area contributed by atoms with Gasteiger partial charge in [-0.05, 0) is 37.5 Å². The molecule has 1 fully saturated rings. The molecule has 1 aromatic heterocycles. The number of carbonyl (C=O) groups excluding carboxylic acids is 2. The van der Waals surface area contributed by atoms with E-state index in [-0.39, 0.29) is 18.6 Å². The number of nitrogens with zero attached hydrogens (tertiary/aromatic N) is 2. The zero-order valence-electron chi connectivity index (χ0n) is 16.2. The number of benzene rings is 1. The zero-order valence-corrected chi connectivity index (χ0v) is 17.7. The molecule has 1 aliphatic rings. The molecule has 154 valence electrons. The van der Waals surface area contributed by atoms with Crippen LogP contribution < -0.4 is 5.32 Å². The minimum absolute atomic E-state index is 0.196. The highest BCUT2D eigenvalue weighted by molar-refractivity contribution is 6.32. The van der Waals surface area contributed by atoms with E-state index in [4.69, 9.17) is 27.9 Å². The van der Waals surface area contributed by atoms with E-state index in [0.717, 1.165) is 31.2 Å². The lowest BCUT2D eigenvalue weighted by molar-refractivity contribution is -0.144. The lowest BCUT2D eigenvalue weighted by Crippen LogP contribution is -2.35. The lowest BCUT2D eigenvalue weighted by Gasteiger charge is -2.11. The summed E-state index contributed by atoms with van der Waals surface area (Å²) in [6.45, 7) is 1.92. The number of esters is 1. The van der Waals surface area contributed by atoms with Crippen molar-refractivity contribution < 1.29 is 14.3 Å². The third-order valence-electron chi connectivity index (χ3n) is 4.84. The van der Waals surface area contributed by atoms with Crippen molar-refractivity contribution in [1.29, 1.82) is 0 Å². The number of rotatable bonds is 7. The number of nitrogens with one attached hydrogen (secondary N) is 1. The van der Waals surface area contributed by atoms with Crippen LogP contribution in [0, 0.1) is 6.92 Å². The monoisotopic (exact) mass is 435 g/mol. The van der Waals surface area contributed by atoms with Gasteiger partial charge in [0.15, 0.2) is 6.61 Å². The van der Waals surface area contributed by atoms with Crippen molar-refractivity contribution in [3.05, 3.63) is 57.3 Å². The quantitative estimate of drug-likeness (QED) is 0.523. The maximum Gasteiger partial charge on any atom is 0.331 e. The second-order valence-corrected chi connectivity index (χ2v) is 7.79. The standard InChI is InChI=1S/C21H23Cl2N3O3/c1-14-17(21(23)26(25-14)12-15-6-2-5-9-18(15)22)10-11-20(28)29-13-19(27)24-16-7-3-4-8-16/h2,5-6,9-11,16H,3-4,7-8,12-13H2,1H3,(H,24,27)/b11-10+. The highest BCUT2D eigenvalue weighted by atomic mass is 35.5. The van der Waals surface area contributed by atoms with Gasteiger partial charge in [0.25, 0.3) is 5.91 Å². The minimum Gasteiger partial charge on any atom is -0.452 e. The molecule has 1 aromatic carbocycles. The summed E-state index contributed by atoms with van der Waals surface area (Å²) >= 11 is 12.6. The molecule has 29 heavy (non-hydrogen) atoms. The molecule has 1 heterocycles. The molecule has 1 aliphatic carbocycles. The number of amides is 1. The zero-order chi connectivity index (χ0) is 20.8. The van der Waals surface area contributed by atoms with Crippen LogP contribution in [0.3, 0.4) is 0 Å². The Morgan fingerprint density at radius 2 is 2.00 bits per heavy atom. The first-order valence-corrected chi connectivity index (χ1v) is 10.3. The predicted octanol–water partition coefficient (Wildman–Crippen LogP) is 4.16. The fourth-order valence-corrected chi connectivity index (χ4v) is 3.82. The van der Waals surface area contributed by atoms with Crippen LogP contribution in [0.15, 0.2) is 30.3 Å². The van der Waals surface area contributed by atoms with Gasteiger partial charge in [-0.3, -0.25) is 4.79 Å². The van der Waals surface area contributed by atoms with Gasteiger partial charge in [0.1, 0.15) is 5.15 Å². The summed E-state index contributed by atoms with van der Waals surface area (Å²) < 4.78 is 6.63. The molecule has 1 saturated carbocycles. The Morgan fingerprint density at radius 1 is 1.28 bits per heavy atom. The first-order valence-electron chi connectivity index (χ1n) is 9.54. The molecule has 1 amide bonds. The Balaban J connectivity index is 1.57.